The van der Waals surface area contributed by atoms with Gasteiger partial charge in [0.1, 0.15) is 5.76 Å². The molecule has 1 unspecified atom stereocenters. The van der Waals surface area contributed by atoms with E-state index in [1.54, 1.807) is 23.5 Å². The second kappa shape index (κ2) is 3.99. The Hall–Kier alpha value is -2.08. The molecule has 1 aliphatic rings. The van der Waals surface area contributed by atoms with Gasteiger partial charge in [0, 0.05) is 11.3 Å². The molecule has 1 amide bonds. The number of rotatable bonds is 3. The Balaban J connectivity index is 2.07. The van der Waals surface area contributed by atoms with Crippen LogP contribution in [0.15, 0.2) is 45.3 Å². The Morgan fingerprint density at radius 2 is 2.33 bits per heavy atom. The van der Waals surface area contributed by atoms with Crippen LogP contribution in [0.4, 0.5) is 0 Å². The molecule has 18 heavy (non-hydrogen) atoms. The van der Waals surface area contributed by atoms with Crippen molar-refractivity contribution in [2.24, 2.45) is 10.7 Å². The fourth-order valence-corrected chi connectivity index (χ4v) is 2.84. The summed E-state index contributed by atoms with van der Waals surface area (Å²) in [6, 6.07) is 7.39. The molecule has 2 aromatic rings. The number of nitrogens with one attached hydrogen (secondary N) is 1. The summed E-state index contributed by atoms with van der Waals surface area (Å²) in [5.74, 6) is 0.394. The first-order valence-corrected chi connectivity index (χ1v) is 6.32. The monoisotopic (exact) mass is 261 g/mol. The third-order valence-corrected chi connectivity index (χ3v) is 3.74. The van der Waals surface area contributed by atoms with E-state index < -0.39 is 5.54 Å². The molecule has 0 fully saturated rings. The Kier molecular flexibility index (Phi) is 2.45. The van der Waals surface area contributed by atoms with Crippen LogP contribution in [0, 0.1) is 0 Å². The van der Waals surface area contributed by atoms with Crippen molar-refractivity contribution in [3.8, 4) is 0 Å². The van der Waals surface area contributed by atoms with E-state index in [1.807, 2.05) is 17.5 Å². The average molecular weight is 261 g/mol. The summed E-state index contributed by atoms with van der Waals surface area (Å²) >= 11 is 1.58. The number of carbonyl (C=O) groups is 1. The van der Waals surface area contributed by atoms with E-state index in [0.717, 1.165) is 4.88 Å². The Bertz CT molecular complexity index is 589. The number of nitrogens with two attached hydrogens (primary N) is 1. The highest BCUT2D eigenvalue weighted by Crippen LogP contribution is 2.34. The first-order valence-electron chi connectivity index (χ1n) is 5.44. The molecule has 0 spiro atoms. The molecule has 0 saturated heterocycles. The molecule has 5 nitrogen and oxygen atoms in total. The molecule has 92 valence electrons. The van der Waals surface area contributed by atoms with Crippen molar-refractivity contribution >= 4 is 23.2 Å². The molecule has 1 aliphatic heterocycles. The van der Waals surface area contributed by atoms with Crippen LogP contribution in [-0.2, 0) is 16.8 Å². The van der Waals surface area contributed by atoms with Crippen molar-refractivity contribution in [2.45, 2.75) is 12.0 Å². The van der Waals surface area contributed by atoms with Gasteiger partial charge in [-0.3, -0.25) is 10.1 Å². The van der Waals surface area contributed by atoms with Gasteiger partial charge < -0.3 is 10.2 Å². The Morgan fingerprint density at radius 1 is 1.44 bits per heavy atom. The molecule has 0 bridgehead atoms. The molecule has 0 aliphatic carbocycles. The second-order valence-electron chi connectivity index (χ2n) is 4.04. The maximum atomic E-state index is 12.2. The van der Waals surface area contributed by atoms with Gasteiger partial charge in [0.05, 0.1) is 6.26 Å². The first-order chi connectivity index (χ1) is 8.71. The van der Waals surface area contributed by atoms with Gasteiger partial charge in [0.15, 0.2) is 5.96 Å². The lowest BCUT2D eigenvalue weighted by Gasteiger charge is -2.19. The molecular formula is C12H11N3O2S. The fourth-order valence-electron chi connectivity index (χ4n) is 2.06. The minimum atomic E-state index is -1.07. The highest BCUT2D eigenvalue weighted by atomic mass is 32.1. The van der Waals surface area contributed by atoms with E-state index in [0.29, 0.717) is 12.2 Å². The predicted octanol–water partition coefficient (Wildman–Crippen LogP) is 1.22. The number of amides is 1. The fraction of sp³-hybridized carbons (Fsp3) is 0.167. The third kappa shape index (κ3) is 1.62. The summed E-state index contributed by atoms with van der Waals surface area (Å²) < 4.78 is 5.37. The summed E-state index contributed by atoms with van der Waals surface area (Å²) in [4.78, 5) is 17.5. The summed E-state index contributed by atoms with van der Waals surface area (Å²) in [6.07, 6.45) is 1.98. The van der Waals surface area contributed by atoms with E-state index in [9.17, 15) is 4.79 Å². The number of nitrogens with zero attached hydrogens (tertiary/aromatic N) is 1. The number of hydrogen-bond donors (Lipinski definition) is 2. The molecule has 0 aromatic carbocycles. The Labute approximate surface area is 107 Å². The minimum Gasteiger partial charge on any atom is -0.466 e. The molecule has 3 N–H and O–H groups in total. The number of carbonyl (C=O) groups excluding carboxylic acids is 1. The first kappa shape index (κ1) is 11.0. The summed E-state index contributed by atoms with van der Waals surface area (Å²) in [5.41, 5.74) is 4.54. The van der Waals surface area contributed by atoms with Crippen LogP contribution in [0.2, 0.25) is 0 Å². The number of thiophene rings is 1. The smallest absolute Gasteiger partial charge is 0.262 e. The van der Waals surface area contributed by atoms with E-state index in [-0.39, 0.29) is 11.9 Å². The van der Waals surface area contributed by atoms with Crippen molar-refractivity contribution in [1.82, 2.24) is 5.32 Å². The van der Waals surface area contributed by atoms with Gasteiger partial charge in [0.25, 0.3) is 5.91 Å². The van der Waals surface area contributed by atoms with Crippen molar-refractivity contribution < 1.29 is 9.21 Å². The molecule has 6 heteroatoms. The van der Waals surface area contributed by atoms with Crippen LogP contribution in [0.1, 0.15) is 10.6 Å². The number of guanidine groups is 1. The molecule has 2 aromatic heterocycles. The minimum absolute atomic E-state index is 0.132. The van der Waals surface area contributed by atoms with Gasteiger partial charge in [-0.1, -0.05) is 6.07 Å². The van der Waals surface area contributed by atoms with E-state index in [2.05, 4.69) is 10.3 Å². The van der Waals surface area contributed by atoms with Crippen LogP contribution in [0.3, 0.4) is 0 Å². The lowest BCUT2D eigenvalue weighted by atomic mass is 9.92. The summed E-state index contributed by atoms with van der Waals surface area (Å²) in [6.45, 7) is 0. The van der Waals surface area contributed by atoms with Gasteiger partial charge in [0.2, 0.25) is 5.54 Å². The highest BCUT2D eigenvalue weighted by molar-refractivity contribution is 7.09. The maximum absolute atomic E-state index is 12.2. The molecule has 0 radical (unpaired) electrons. The zero-order chi connectivity index (χ0) is 12.6. The van der Waals surface area contributed by atoms with E-state index in [1.165, 1.54) is 6.26 Å². The molecule has 3 rings (SSSR count). The number of furan rings is 1. The van der Waals surface area contributed by atoms with Gasteiger partial charge >= 0.3 is 0 Å². The molecule has 3 heterocycles. The molecule has 1 atom stereocenters. The van der Waals surface area contributed by atoms with Gasteiger partial charge in [-0.15, -0.1) is 11.3 Å². The SMILES string of the molecule is NC1=NC(Cc2cccs2)(c2ccco2)C(=O)N1. The van der Waals surface area contributed by atoms with Crippen LogP contribution in [0.5, 0.6) is 0 Å². The maximum Gasteiger partial charge on any atom is 0.262 e. The number of aliphatic imine (C=N–C) groups is 1. The van der Waals surface area contributed by atoms with Gasteiger partial charge in [-0.05, 0) is 23.6 Å². The summed E-state index contributed by atoms with van der Waals surface area (Å²) in [5, 5.41) is 4.51. The third-order valence-electron chi connectivity index (χ3n) is 2.87. The largest absolute Gasteiger partial charge is 0.466 e. The van der Waals surface area contributed by atoms with Crippen LogP contribution < -0.4 is 11.1 Å². The lowest BCUT2D eigenvalue weighted by molar-refractivity contribution is -0.124. The normalized spacial score (nSPS) is 22.9. The summed E-state index contributed by atoms with van der Waals surface area (Å²) in [7, 11) is 0. The second-order valence-corrected chi connectivity index (χ2v) is 5.08. The molecule has 0 saturated carbocycles. The number of hydrogen-bond acceptors (Lipinski definition) is 5. The van der Waals surface area contributed by atoms with Crippen LogP contribution in [0.25, 0.3) is 0 Å². The van der Waals surface area contributed by atoms with E-state index >= 15 is 0 Å². The van der Waals surface area contributed by atoms with Gasteiger partial charge in [-0.25, -0.2) is 4.99 Å². The highest BCUT2D eigenvalue weighted by Gasteiger charge is 2.47. The van der Waals surface area contributed by atoms with Crippen molar-refractivity contribution in [1.29, 1.82) is 0 Å². The predicted molar refractivity (Wildman–Crippen MR) is 68.2 cm³/mol. The standard InChI is InChI=1S/C12H11N3O2S/c13-11-14-10(16)12(15-11,9-4-1-5-17-9)7-8-3-2-6-18-8/h1-6H,7H2,(H3,13,14,15,16). The zero-order valence-electron chi connectivity index (χ0n) is 9.42. The zero-order valence-corrected chi connectivity index (χ0v) is 10.2. The van der Waals surface area contributed by atoms with E-state index in [4.69, 9.17) is 10.2 Å². The average Bonchev–Trinajstić information content (AvgIpc) is 3.03. The van der Waals surface area contributed by atoms with Gasteiger partial charge in [-0.2, -0.15) is 0 Å². The topological polar surface area (TPSA) is 80.6 Å². The van der Waals surface area contributed by atoms with Crippen molar-refractivity contribution in [3.63, 3.8) is 0 Å². The Morgan fingerprint density at radius 3 is 2.89 bits per heavy atom. The quantitative estimate of drug-likeness (QED) is 0.871. The van der Waals surface area contributed by atoms with Crippen molar-refractivity contribution in [3.05, 3.63) is 46.5 Å². The molecular weight excluding hydrogens is 250 g/mol. The van der Waals surface area contributed by atoms with Crippen molar-refractivity contribution in [2.75, 3.05) is 0 Å². The lowest BCUT2D eigenvalue weighted by Crippen LogP contribution is -2.40. The van der Waals surface area contributed by atoms with Crippen LogP contribution >= 0.6 is 11.3 Å². The van der Waals surface area contributed by atoms with Crippen LogP contribution in [-0.4, -0.2) is 11.9 Å².